The second-order valence-corrected chi connectivity index (χ2v) is 7.09. The number of aliphatic imine (C=N–C) groups is 1. The minimum atomic E-state index is -0.419. The van der Waals surface area contributed by atoms with E-state index >= 15 is 0 Å². The van der Waals surface area contributed by atoms with E-state index in [0.717, 1.165) is 0 Å². The van der Waals surface area contributed by atoms with E-state index in [1.54, 1.807) is 41.3 Å². The maximum atomic E-state index is 12.9. The van der Waals surface area contributed by atoms with Crippen LogP contribution in [0.1, 0.15) is 22.8 Å². The van der Waals surface area contributed by atoms with E-state index in [9.17, 15) is 9.59 Å². The Morgan fingerprint density at radius 1 is 1.23 bits per heavy atom. The lowest BCUT2D eigenvalue weighted by Gasteiger charge is -2.12. The fourth-order valence-electron chi connectivity index (χ4n) is 2.75. The average molecular weight is 421 g/mol. The predicted molar refractivity (Wildman–Crippen MR) is 115 cm³/mol. The molecule has 1 saturated heterocycles. The van der Waals surface area contributed by atoms with Crippen LogP contribution in [-0.2, 0) is 9.53 Å². The number of benzene rings is 2. The number of nitrogens with zero attached hydrogens (tertiary/aromatic N) is 3. The molecule has 2 aromatic carbocycles. The SMILES string of the molecule is CCN1C(=O)/C(=C\c2ccccc2OCC#N)SC1=Nc1ccc(C(=O)OC)cc1. The summed E-state index contributed by atoms with van der Waals surface area (Å²) in [7, 11) is 1.33. The van der Waals surface area contributed by atoms with E-state index < -0.39 is 5.97 Å². The summed E-state index contributed by atoms with van der Waals surface area (Å²) in [4.78, 5) is 31.1. The molecule has 3 rings (SSSR count). The summed E-state index contributed by atoms with van der Waals surface area (Å²) in [5, 5.41) is 9.30. The maximum absolute atomic E-state index is 12.9. The monoisotopic (exact) mass is 421 g/mol. The number of likely N-dealkylation sites (N-methyl/N-ethyl adjacent to an activating group) is 1. The van der Waals surface area contributed by atoms with Gasteiger partial charge < -0.3 is 9.47 Å². The number of carbonyl (C=O) groups is 2. The minimum Gasteiger partial charge on any atom is -0.478 e. The summed E-state index contributed by atoms with van der Waals surface area (Å²) in [6.07, 6.45) is 1.74. The number of hydrogen-bond donors (Lipinski definition) is 0. The molecular formula is C22H19N3O4S. The molecule has 1 heterocycles. The van der Waals surface area contributed by atoms with Gasteiger partial charge in [0.25, 0.3) is 5.91 Å². The molecule has 2 aromatic rings. The Hall–Kier alpha value is -3.57. The van der Waals surface area contributed by atoms with Gasteiger partial charge in [-0.15, -0.1) is 0 Å². The lowest BCUT2D eigenvalue weighted by Crippen LogP contribution is -2.28. The standard InChI is InChI=1S/C22H19N3O4S/c1-3-25-20(26)19(14-16-6-4-5-7-18(16)29-13-12-23)30-22(25)24-17-10-8-15(9-11-17)21(27)28-2/h4-11,14H,3,13H2,1-2H3/b19-14+,24-22?. The van der Waals surface area contributed by atoms with Crippen LogP contribution < -0.4 is 4.74 Å². The number of amides is 1. The quantitative estimate of drug-likeness (QED) is 0.517. The molecule has 8 heteroatoms. The highest BCUT2D eigenvalue weighted by atomic mass is 32.2. The van der Waals surface area contributed by atoms with Crippen molar-refractivity contribution >= 4 is 40.6 Å². The molecule has 0 N–H and O–H groups in total. The van der Waals surface area contributed by atoms with Gasteiger partial charge in [0.1, 0.15) is 11.8 Å². The van der Waals surface area contributed by atoms with E-state index in [0.29, 0.717) is 39.2 Å². The lowest BCUT2D eigenvalue weighted by atomic mass is 10.2. The molecule has 30 heavy (non-hydrogen) atoms. The van der Waals surface area contributed by atoms with E-state index in [1.165, 1.54) is 18.9 Å². The molecule has 7 nitrogen and oxygen atoms in total. The molecule has 1 aliphatic rings. The van der Waals surface area contributed by atoms with E-state index in [4.69, 9.17) is 14.7 Å². The summed E-state index contributed by atoms with van der Waals surface area (Å²) in [6.45, 7) is 2.27. The number of esters is 1. The summed E-state index contributed by atoms with van der Waals surface area (Å²) < 4.78 is 10.1. The minimum absolute atomic E-state index is 0.0728. The molecule has 0 spiro atoms. The highest BCUT2D eigenvalue weighted by Crippen LogP contribution is 2.35. The zero-order chi connectivity index (χ0) is 21.5. The highest BCUT2D eigenvalue weighted by Gasteiger charge is 2.32. The molecule has 0 unspecified atom stereocenters. The molecule has 0 saturated carbocycles. The Morgan fingerprint density at radius 3 is 2.63 bits per heavy atom. The van der Waals surface area contributed by atoms with Crippen molar-refractivity contribution in [1.82, 2.24) is 4.90 Å². The van der Waals surface area contributed by atoms with Crippen LogP contribution in [0.5, 0.6) is 5.75 Å². The Morgan fingerprint density at radius 2 is 1.97 bits per heavy atom. The molecular weight excluding hydrogens is 402 g/mol. The van der Waals surface area contributed by atoms with Gasteiger partial charge in [0, 0.05) is 12.1 Å². The van der Waals surface area contributed by atoms with Gasteiger partial charge in [-0.2, -0.15) is 5.26 Å². The number of para-hydroxylation sites is 1. The number of thioether (sulfide) groups is 1. The topological polar surface area (TPSA) is 92.0 Å². The zero-order valence-electron chi connectivity index (χ0n) is 16.5. The second-order valence-electron chi connectivity index (χ2n) is 6.08. The third kappa shape index (κ3) is 4.70. The first-order valence-corrected chi connectivity index (χ1v) is 9.96. The predicted octanol–water partition coefficient (Wildman–Crippen LogP) is 4.00. The molecule has 1 aliphatic heterocycles. The van der Waals surface area contributed by atoms with Crippen LogP contribution in [-0.4, -0.2) is 42.2 Å². The third-order valence-corrected chi connectivity index (χ3v) is 5.22. The maximum Gasteiger partial charge on any atom is 0.337 e. The largest absolute Gasteiger partial charge is 0.478 e. The number of ether oxygens (including phenoxy) is 2. The van der Waals surface area contributed by atoms with E-state index in [-0.39, 0.29) is 12.5 Å². The van der Waals surface area contributed by atoms with Gasteiger partial charge in [-0.3, -0.25) is 9.69 Å². The average Bonchev–Trinajstić information content (AvgIpc) is 3.06. The van der Waals surface area contributed by atoms with Crippen molar-refractivity contribution in [3.63, 3.8) is 0 Å². The van der Waals surface area contributed by atoms with Crippen molar-refractivity contribution in [3.05, 3.63) is 64.6 Å². The summed E-state index contributed by atoms with van der Waals surface area (Å²) >= 11 is 1.26. The first kappa shape index (κ1) is 21.1. The molecule has 1 amide bonds. The molecule has 0 aliphatic carbocycles. The van der Waals surface area contributed by atoms with Gasteiger partial charge in [-0.25, -0.2) is 9.79 Å². The van der Waals surface area contributed by atoms with Crippen molar-refractivity contribution in [2.24, 2.45) is 4.99 Å². The van der Waals surface area contributed by atoms with Crippen molar-refractivity contribution in [2.75, 3.05) is 20.3 Å². The van der Waals surface area contributed by atoms with Crippen molar-refractivity contribution < 1.29 is 19.1 Å². The van der Waals surface area contributed by atoms with Crippen LogP contribution in [0.15, 0.2) is 58.4 Å². The van der Waals surface area contributed by atoms with Crippen molar-refractivity contribution in [3.8, 4) is 11.8 Å². The molecule has 0 bridgehead atoms. The molecule has 0 atom stereocenters. The Kier molecular flexibility index (Phi) is 6.88. The van der Waals surface area contributed by atoms with Crippen LogP contribution in [0.25, 0.3) is 6.08 Å². The first-order chi connectivity index (χ1) is 14.6. The number of hydrogen-bond acceptors (Lipinski definition) is 7. The number of amidine groups is 1. The normalized spacial score (nSPS) is 16.0. The van der Waals surface area contributed by atoms with Crippen LogP contribution in [0.3, 0.4) is 0 Å². The van der Waals surface area contributed by atoms with Crippen LogP contribution in [0.4, 0.5) is 5.69 Å². The second kappa shape index (κ2) is 9.76. The van der Waals surface area contributed by atoms with Gasteiger partial charge in [0.15, 0.2) is 11.8 Å². The number of methoxy groups -OCH3 is 1. The van der Waals surface area contributed by atoms with Crippen LogP contribution in [0.2, 0.25) is 0 Å². The van der Waals surface area contributed by atoms with Crippen LogP contribution in [0, 0.1) is 11.3 Å². The third-order valence-electron chi connectivity index (χ3n) is 4.22. The Labute approximate surface area is 178 Å². The van der Waals surface area contributed by atoms with Gasteiger partial charge in [0.05, 0.1) is 23.3 Å². The molecule has 0 aromatic heterocycles. The Bertz CT molecular complexity index is 1050. The molecule has 1 fully saturated rings. The highest BCUT2D eigenvalue weighted by molar-refractivity contribution is 8.18. The number of rotatable bonds is 6. The van der Waals surface area contributed by atoms with Crippen molar-refractivity contribution in [2.45, 2.75) is 6.92 Å². The fraction of sp³-hybridized carbons (Fsp3) is 0.182. The van der Waals surface area contributed by atoms with Crippen LogP contribution >= 0.6 is 11.8 Å². The van der Waals surface area contributed by atoms with Crippen molar-refractivity contribution in [1.29, 1.82) is 5.26 Å². The zero-order valence-corrected chi connectivity index (χ0v) is 17.3. The van der Waals surface area contributed by atoms with Gasteiger partial charge in [0.2, 0.25) is 0 Å². The number of carbonyl (C=O) groups excluding carboxylic acids is 2. The van der Waals surface area contributed by atoms with Gasteiger partial charge in [-0.05, 0) is 55.1 Å². The first-order valence-electron chi connectivity index (χ1n) is 9.14. The molecule has 0 radical (unpaired) electrons. The smallest absolute Gasteiger partial charge is 0.337 e. The lowest BCUT2D eigenvalue weighted by molar-refractivity contribution is -0.122. The molecule has 152 valence electrons. The van der Waals surface area contributed by atoms with Gasteiger partial charge in [-0.1, -0.05) is 18.2 Å². The van der Waals surface area contributed by atoms with E-state index in [1.807, 2.05) is 31.2 Å². The summed E-state index contributed by atoms with van der Waals surface area (Å²) in [5.41, 5.74) is 1.76. The Balaban J connectivity index is 1.89. The summed E-state index contributed by atoms with van der Waals surface area (Å²) in [5.74, 6) is -0.0355. The fourth-order valence-corrected chi connectivity index (χ4v) is 3.81. The van der Waals surface area contributed by atoms with E-state index in [2.05, 4.69) is 4.99 Å². The summed E-state index contributed by atoms with van der Waals surface area (Å²) in [6, 6.07) is 15.8. The van der Waals surface area contributed by atoms with Gasteiger partial charge >= 0.3 is 5.97 Å². The number of nitriles is 1.